The van der Waals surface area contributed by atoms with Gasteiger partial charge >= 0.3 is 5.69 Å². The van der Waals surface area contributed by atoms with Crippen LogP contribution in [0.5, 0.6) is 17.2 Å². The van der Waals surface area contributed by atoms with E-state index >= 15 is 0 Å². The number of carbonyl (C=O) groups is 1. The van der Waals surface area contributed by atoms with Gasteiger partial charge < -0.3 is 14.2 Å². The lowest BCUT2D eigenvalue weighted by molar-refractivity contribution is -0.394. The minimum Gasteiger partial charge on any atom is -0.493 e. The second-order valence-corrected chi connectivity index (χ2v) is 6.86. The molecule has 1 aliphatic heterocycles. The summed E-state index contributed by atoms with van der Waals surface area (Å²) in [5.41, 5.74) is 2.04. The quantitative estimate of drug-likeness (QED) is 0.336. The number of nitrogens with one attached hydrogen (secondary N) is 1. The first-order valence-electron chi connectivity index (χ1n) is 9.78. The highest BCUT2D eigenvalue weighted by molar-refractivity contribution is 5.84. The molecule has 1 fully saturated rings. The van der Waals surface area contributed by atoms with Crippen molar-refractivity contribution in [1.29, 1.82) is 0 Å². The summed E-state index contributed by atoms with van der Waals surface area (Å²) in [6.45, 7) is 2.76. The molecule has 3 rings (SSSR count). The van der Waals surface area contributed by atoms with Gasteiger partial charge in [-0.1, -0.05) is 0 Å². The van der Waals surface area contributed by atoms with Gasteiger partial charge in [0.2, 0.25) is 5.75 Å². The number of nitro benzene ring substituents is 2. The zero-order valence-electron chi connectivity index (χ0n) is 17.6. The Balaban J connectivity index is 1.68. The molecular weight excluding hydrogens is 438 g/mol. The first kappa shape index (κ1) is 23.6. The number of non-ortho nitro benzene ring substituents is 1. The SMILES string of the molecule is COc1cc(/C=N\NC(=O)CN2CCOCC2)ccc1Oc1ccc([N+](=O)[O-])cc1[N+](=O)[O-]. The number of ether oxygens (including phenoxy) is 3. The van der Waals surface area contributed by atoms with E-state index < -0.39 is 21.2 Å². The summed E-state index contributed by atoms with van der Waals surface area (Å²) >= 11 is 0. The second-order valence-electron chi connectivity index (χ2n) is 6.86. The van der Waals surface area contributed by atoms with E-state index in [1.807, 2.05) is 4.90 Å². The fraction of sp³-hybridized carbons (Fsp3) is 0.300. The van der Waals surface area contributed by atoms with Crippen molar-refractivity contribution in [2.45, 2.75) is 0 Å². The normalized spacial score (nSPS) is 14.1. The third-order valence-corrected chi connectivity index (χ3v) is 4.63. The minimum atomic E-state index is -0.768. The van der Waals surface area contributed by atoms with Crippen LogP contribution in [0.2, 0.25) is 0 Å². The maximum absolute atomic E-state index is 12.0. The first-order valence-corrected chi connectivity index (χ1v) is 9.78. The van der Waals surface area contributed by atoms with Crippen molar-refractivity contribution >= 4 is 23.5 Å². The molecule has 1 saturated heterocycles. The van der Waals surface area contributed by atoms with E-state index in [2.05, 4.69) is 10.5 Å². The number of rotatable bonds is 9. The molecule has 0 unspecified atom stereocenters. The number of benzene rings is 2. The van der Waals surface area contributed by atoms with E-state index in [0.717, 1.165) is 18.2 Å². The number of carbonyl (C=O) groups excluding carboxylic acids is 1. The van der Waals surface area contributed by atoms with Crippen molar-refractivity contribution in [3.8, 4) is 17.2 Å². The van der Waals surface area contributed by atoms with Crippen molar-refractivity contribution in [1.82, 2.24) is 10.3 Å². The van der Waals surface area contributed by atoms with Gasteiger partial charge in [-0.25, -0.2) is 5.43 Å². The Hall–Kier alpha value is -4.10. The van der Waals surface area contributed by atoms with Crippen LogP contribution in [-0.4, -0.2) is 66.8 Å². The van der Waals surface area contributed by atoms with Gasteiger partial charge in [-0.3, -0.25) is 29.9 Å². The van der Waals surface area contributed by atoms with E-state index in [0.29, 0.717) is 31.9 Å². The predicted octanol–water partition coefficient (Wildman–Crippen LogP) is 2.09. The number of morpholine rings is 1. The molecule has 33 heavy (non-hydrogen) atoms. The largest absolute Gasteiger partial charge is 0.493 e. The van der Waals surface area contributed by atoms with Gasteiger partial charge in [0.25, 0.3) is 11.6 Å². The fourth-order valence-corrected chi connectivity index (χ4v) is 2.99. The van der Waals surface area contributed by atoms with Gasteiger partial charge in [-0.15, -0.1) is 0 Å². The summed E-state index contributed by atoms with van der Waals surface area (Å²) in [7, 11) is 1.39. The smallest absolute Gasteiger partial charge is 0.318 e. The number of methoxy groups -OCH3 is 1. The molecule has 2 aromatic rings. The van der Waals surface area contributed by atoms with Gasteiger partial charge in [0.05, 0.1) is 49.0 Å². The average Bonchev–Trinajstić information content (AvgIpc) is 2.80. The summed E-state index contributed by atoms with van der Waals surface area (Å²) in [5, 5.41) is 26.1. The molecule has 174 valence electrons. The molecule has 1 aliphatic rings. The molecule has 13 nitrogen and oxygen atoms in total. The zero-order valence-corrected chi connectivity index (χ0v) is 17.6. The topological polar surface area (TPSA) is 159 Å². The van der Waals surface area contributed by atoms with Crippen LogP contribution in [0.3, 0.4) is 0 Å². The van der Waals surface area contributed by atoms with Crippen LogP contribution in [0.4, 0.5) is 11.4 Å². The fourth-order valence-electron chi connectivity index (χ4n) is 2.99. The molecule has 0 saturated carbocycles. The summed E-state index contributed by atoms with van der Waals surface area (Å²) in [5.74, 6) is -0.0413. The molecule has 1 amide bonds. The lowest BCUT2D eigenvalue weighted by Crippen LogP contribution is -2.42. The molecule has 13 heteroatoms. The Bertz CT molecular complexity index is 1070. The Morgan fingerprint density at radius 3 is 2.52 bits per heavy atom. The van der Waals surface area contributed by atoms with E-state index in [1.165, 1.54) is 19.4 Å². The molecular formula is C20H21N5O8. The Morgan fingerprint density at radius 1 is 1.12 bits per heavy atom. The number of nitrogens with zero attached hydrogens (tertiary/aromatic N) is 4. The molecule has 0 spiro atoms. The van der Waals surface area contributed by atoms with Crippen molar-refractivity contribution in [3.63, 3.8) is 0 Å². The monoisotopic (exact) mass is 459 g/mol. The summed E-state index contributed by atoms with van der Waals surface area (Å²) in [6.07, 6.45) is 1.41. The number of nitro groups is 2. The summed E-state index contributed by atoms with van der Waals surface area (Å²) < 4.78 is 16.1. The highest BCUT2D eigenvalue weighted by atomic mass is 16.6. The standard InChI is InChI=1S/C20H21N5O8/c1-31-19-10-14(12-21-22-20(26)13-23-6-8-32-9-7-23)2-4-18(19)33-17-5-3-15(24(27)28)11-16(17)25(29)30/h2-5,10-12H,6-9,13H2,1H3,(H,22,26)/b21-12-. The second kappa shape index (κ2) is 11.0. The third kappa shape index (κ3) is 6.44. The van der Waals surface area contributed by atoms with Crippen LogP contribution in [-0.2, 0) is 9.53 Å². The van der Waals surface area contributed by atoms with Crippen LogP contribution in [0.15, 0.2) is 41.5 Å². The highest BCUT2D eigenvalue weighted by Crippen LogP contribution is 2.38. The predicted molar refractivity (Wildman–Crippen MR) is 116 cm³/mol. The Morgan fingerprint density at radius 2 is 1.85 bits per heavy atom. The number of hydrogen-bond donors (Lipinski definition) is 1. The molecule has 0 atom stereocenters. The molecule has 0 aliphatic carbocycles. The van der Waals surface area contributed by atoms with E-state index in [1.54, 1.807) is 12.1 Å². The lowest BCUT2D eigenvalue weighted by Gasteiger charge is -2.25. The van der Waals surface area contributed by atoms with Gasteiger partial charge in [0.1, 0.15) is 0 Å². The maximum Gasteiger partial charge on any atom is 0.318 e. The number of hydrogen-bond acceptors (Lipinski definition) is 10. The lowest BCUT2D eigenvalue weighted by atomic mass is 10.2. The van der Waals surface area contributed by atoms with Gasteiger partial charge in [0.15, 0.2) is 11.5 Å². The minimum absolute atomic E-state index is 0.156. The highest BCUT2D eigenvalue weighted by Gasteiger charge is 2.22. The van der Waals surface area contributed by atoms with Gasteiger partial charge in [-0.2, -0.15) is 5.10 Å². The van der Waals surface area contributed by atoms with Gasteiger partial charge in [-0.05, 0) is 29.8 Å². The maximum atomic E-state index is 12.0. The van der Waals surface area contributed by atoms with Crippen molar-refractivity contribution in [3.05, 3.63) is 62.2 Å². The molecule has 2 aromatic carbocycles. The molecule has 0 radical (unpaired) electrons. The molecule has 0 bridgehead atoms. The third-order valence-electron chi connectivity index (χ3n) is 4.63. The van der Waals surface area contributed by atoms with E-state index in [-0.39, 0.29) is 29.7 Å². The number of hydrazone groups is 1. The molecule has 0 aromatic heterocycles. The van der Waals surface area contributed by atoms with Crippen molar-refractivity contribution < 1.29 is 28.9 Å². The van der Waals surface area contributed by atoms with Crippen LogP contribution < -0.4 is 14.9 Å². The molecule has 1 N–H and O–H groups in total. The summed E-state index contributed by atoms with van der Waals surface area (Å²) in [4.78, 5) is 34.6. The van der Waals surface area contributed by atoms with Crippen molar-refractivity contribution in [2.75, 3.05) is 40.0 Å². The zero-order chi connectivity index (χ0) is 23.8. The average molecular weight is 459 g/mol. The number of amides is 1. The first-order chi connectivity index (χ1) is 15.9. The Kier molecular flexibility index (Phi) is 7.83. The van der Waals surface area contributed by atoms with Gasteiger partial charge in [0, 0.05) is 19.2 Å². The van der Waals surface area contributed by atoms with Crippen LogP contribution >= 0.6 is 0 Å². The van der Waals surface area contributed by atoms with Crippen LogP contribution in [0.1, 0.15) is 5.56 Å². The van der Waals surface area contributed by atoms with Crippen LogP contribution in [0.25, 0.3) is 0 Å². The van der Waals surface area contributed by atoms with Crippen LogP contribution in [0, 0.1) is 20.2 Å². The molecule has 1 heterocycles. The Labute approximate surface area is 187 Å². The summed E-state index contributed by atoms with van der Waals surface area (Å²) in [6, 6.07) is 7.74. The van der Waals surface area contributed by atoms with E-state index in [4.69, 9.17) is 14.2 Å². The van der Waals surface area contributed by atoms with E-state index in [9.17, 15) is 25.0 Å². The van der Waals surface area contributed by atoms with Crippen molar-refractivity contribution in [2.24, 2.45) is 5.10 Å².